The molecule has 0 aliphatic carbocycles. The monoisotopic (exact) mass is 221 g/mol. The number of hydrogen-bond acceptors (Lipinski definition) is 3. The Balaban J connectivity index is 2.45. The molecule has 0 fully saturated rings. The summed E-state index contributed by atoms with van der Waals surface area (Å²) in [6.07, 6.45) is 1.59. The molecule has 0 heterocycles. The van der Waals surface area contributed by atoms with Gasteiger partial charge >= 0.3 is 0 Å². The standard InChI is InChI=1S/C14H11N3/c15-9-11-3-1-5-13(7-11)14-6-2-4-12(8-14)10-17-16/h1-8,10H,16H2. The van der Waals surface area contributed by atoms with Gasteiger partial charge in [0.25, 0.3) is 0 Å². The van der Waals surface area contributed by atoms with Crippen molar-refractivity contribution in [1.82, 2.24) is 0 Å². The summed E-state index contributed by atoms with van der Waals surface area (Å²) >= 11 is 0. The second-order valence-corrected chi connectivity index (χ2v) is 3.60. The summed E-state index contributed by atoms with van der Waals surface area (Å²) in [6.45, 7) is 0. The maximum absolute atomic E-state index is 8.86. The molecule has 2 aromatic rings. The number of hydrazone groups is 1. The minimum atomic E-state index is 0.653. The van der Waals surface area contributed by atoms with E-state index in [0.29, 0.717) is 5.56 Å². The van der Waals surface area contributed by atoms with E-state index in [4.69, 9.17) is 11.1 Å². The topological polar surface area (TPSA) is 62.2 Å². The SMILES string of the molecule is N#Cc1cccc(-c2cccc(C=NN)c2)c1. The van der Waals surface area contributed by atoms with E-state index in [0.717, 1.165) is 16.7 Å². The molecular weight excluding hydrogens is 210 g/mol. The molecule has 2 N–H and O–H groups in total. The van der Waals surface area contributed by atoms with Crippen molar-refractivity contribution in [3.05, 3.63) is 59.7 Å². The van der Waals surface area contributed by atoms with E-state index < -0.39 is 0 Å². The highest BCUT2D eigenvalue weighted by Gasteiger charge is 1.99. The van der Waals surface area contributed by atoms with E-state index in [2.05, 4.69) is 11.2 Å². The van der Waals surface area contributed by atoms with Crippen LogP contribution in [0.25, 0.3) is 11.1 Å². The van der Waals surface area contributed by atoms with Crippen molar-refractivity contribution >= 4 is 6.21 Å². The van der Waals surface area contributed by atoms with Crippen molar-refractivity contribution in [2.45, 2.75) is 0 Å². The number of rotatable bonds is 2. The normalized spacial score (nSPS) is 10.3. The zero-order valence-corrected chi connectivity index (χ0v) is 9.17. The molecule has 0 aromatic heterocycles. The van der Waals surface area contributed by atoms with Crippen molar-refractivity contribution < 1.29 is 0 Å². The summed E-state index contributed by atoms with van der Waals surface area (Å²) in [4.78, 5) is 0. The Morgan fingerprint density at radius 3 is 2.47 bits per heavy atom. The third kappa shape index (κ3) is 2.50. The average molecular weight is 221 g/mol. The summed E-state index contributed by atoms with van der Waals surface area (Å²) in [5.41, 5.74) is 3.64. The molecule has 17 heavy (non-hydrogen) atoms. The van der Waals surface area contributed by atoms with Gasteiger partial charge in [-0.05, 0) is 34.9 Å². The van der Waals surface area contributed by atoms with Gasteiger partial charge in [-0.25, -0.2) is 0 Å². The van der Waals surface area contributed by atoms with E-state index in [9.17, 15) is 0 Å². The lowest BCUT2D eigenvalue weighted by molar-refractivity contribution is 1.26. The smallest absolute Gasteiger partial charge is 0.0991 e. The molecule has 0 amide bonds. The number of hydrogen-bond donors (Lipinski definition) is 1. The van der Waals surface area contributed by atoms with Crippen LogP contribution in [0, 0.1) is 11.3 Å². The zero-order valence-electron chi connectivity index (χ0n) is 9.17. The quantitative estimate of drug-likeness (QED) is 0.481. The van der Waals surface area contributed by atoms with Gasteiger partial charge in [-0.3, -0.25) is 0 Å². The third-order valence-corrected chi connectivity index (χ3v) is 2.44. The lowest BCUT2D eigenvalue weighted by Crippen LogP contribution is -1.87. The van der Waals surface area contributed by atoms with E-state index in [1.54, 1.807) is 12.3 Å². The summed E-state index contributed by atoms with van der Waals surface area (Å²) in [5, 5.41) is 12.4. The number of benzene rings is 2. The molecule has 0 aliphatic heterocycles. The predicted octanol–water partition coefficient (Wildman–Crippen LogP) is 2.52. The Labute approximate surface area is 99.8 Å². The van der Waals surface area contributed by atoms with Gasteiger partial charge in [-0.1, -0.05) is 30.3 Å². The number of nitrogens with zero attached hydrogens (tertiary/aromatic N) is 2. The van der Waals surface area contributed by atoms with Crippen LogP contribution < -0.4 is 5.84 Å². The first kappa shape index (κ1) is 10.9. The molecule has 0 saturated carbocycles. The van der Waals surface area contributed by atoms with Gasteiger partial charge in [0.2, 0.25) is 0 Å². The third-order valence-electron chi connectivity index (χ3n) is 2.44. The summed E-state index contributed by atoms with van der Waals surface area (Å²) < 4.78 is 0. The minimum Gasteiger partial charge on any atom is -0.323 e. The highest BCUT2D eigenvalue weighted by Crippen LogP contribution is 2.20. The maximum Gasteiger partial charge on any atom is 0.0991 e. The summed E-state index contributed by atoms with van der Waals surface area (Å²) in [5.74, 6) is 5.12. The van der Waals surface area contributed by atoms with E-state index in [1.807, 2.05) is 42.5 Å². The van der Waals surface area contributed by atoms with Gasteiger partial charge in [-0.15, -0.1) is 0 Å². The molecule has 82 valence electrons. The van der Waals surface area contributed by atoms with Crippen molar-refractivity contribution in [2.24, 2.45) is 10.9 Å². The Bertz CT molecular complexity index is 594. The first-order chi connectivity index (χ1) is 8.33. The van der Waals surface area contributed by atoms with E-state index >= 15 is 0 Å². The van der Waals surface area contributed by atoms with E-state index in [1.165, 1.54) is 0 Å². The Morgan fingerprint density at radius 1 is 1.06 bits per heavy atom. The Kier molecular flexibility index (Phi) is 3.18. The van der Waals surface area contributed by atoms with Gasteiger partial charge in [-0.2, -0.15) is 10.4 Å². The molecule has 0 unspecified atom stereocenters. The second-order valence-electron chi connectivity index (χ2n) is 3.60. The molecule has 2 rings (SSSR count). The van der Waals surface area contributed by atoms with Crippen LogP contribution in [0.5, 0.6) is 0 Å². The number of nitriles is 1. The van der Waals surface area contributed by atoms with Gasteiger partial charge < -0.3 is 5.84 Å². The van der Waals surface area contributed by atoms with Crippen molar-refractivity contribution in [1.29, 1.82) is 5.26 Å². The fourth-order valence-corrected chi connectivity index (χ4v) is 1.65. The Morgan fingerprint density at radius 2 is 1.76 bits per heavy atom. The zero-order chi connectivity index (χ0) is 12.1. The molecule has 0 spiro atoms. The van der Waals surface area contributed by atoms with Gasteiger partial charge in [0.05, 0.1) is 17.8 Å². The van der Waals surface area contributed by atoms with Crippen molar-refractivity contribution in [3.63, 3.8) is 0 Å². The molecule has 3 heteroatoms. The molecule has 0 aliphatic rings. The van der Waals surface area contributed by atoms with Crippen molar-refractivity contribution in [3.8, 4) is 17.2 Å². The van der Waals surface area contributed by atoms with E-state index in [-0.39, 0.29) is 0 Å². The van der Waals surface area contributed by atoms with Crippen LogP contribution >= 0.6 is 0 Å². The molecule has 0 atom stereocenters. The van der Waals surface area contributed by atoms with Crippen LogP contribution in [-0.2, 0) is 0 Å². The maximum atomic E-state index is 8.86. The van der Waals surface area contributed by atoms with Crippen LogP contribution in [0.15, 0.2) is 53.6 Å². The minimum absolute atomic E-state index is 0.653. The summed E-state index contributed by atoms with van der Waals surface area (Å²) in [6, 6.07) is 17.5. The lowest BCUT2D eigenvalue weighted by Gasteiger charge is -2.03. The molecule has 0 saturated heterocycles. The summed E-state index contributed by atoms with van der Waals surface area (Å²) in [7, 11) is 0. The largest absolute Gasteiger partial charge is 0.323 e. The second kappa shape index (κ2) is 4.95. The van der Waals surface area contributed by atoms with Crippen LogP contribution in [0.4, 0.5) is 0 Å². The highest BCUT2D eigenvalue weighted by molar-refractivity contribution is 5.82. The lowest BCUT2D eigenvalue weighted by atomic mass is 10.0. The molecule has 2 aromatic carbocycles. The fourth-order valence-electron chi connectivity index (χ4n) is 1.65. The van der Waals surface area contributed by atoms with Crippen LogP contribution in [0.1, 0.15) is 11.1 Å². The predicted molar refractivity (Wildman–Crippen MR) is 68.4 cm³/mol. The average Bonchev–Trinajstić information content (AvgIpc) is 2.40. The first-order valence-electron chi connectivity index (χ1n) is 5.17. The van der Waals surface area contributed by atoms with Crippen molar-refractivity contribution in [2.75, 3.05) is 0 Å². The van der Waals surface area contributed by atoms with Crippen LogP contribution in [0.2, 0.25) is 0 Å². The number of nitrogens with two attached hydrogens (primary N) is 1. The van der Waals surface area contributed by atoms with Gasteiger partial charge in [0.15, 0.2) is 0 Å². The highest BCUT2D eigenvalue weighted by atomic mass is 15.1. The van der Waals surface area contributed by atoms with Crippen LogP contribution in [0.3, 0.4) is 0 Å². The molecule has 0 bridgehead atoms. The molecule has 0 radical (unpaired) electrons. The first-order valence-corrected chi connectivity index (χ1v) is 5.17. The van der Waals surface area contributed by atoms with Gasteiger partial charge in [0, 0.05) is 0 Å². The van der Waals surface area contributed by atoms with Gasteiger partial charge in [0.1, 0.15) is 0 Å². The molecule has 3 nitrogen and oxygen atoms in total. The molecular formula is C14H11N3. The fraction of sp³-hybridized carbons (Fsp3) is 0. The Hall–Kier alpha value is -2.60. The van der Waals surface area contributed by atoms with Crippen LogP contribution in [-0.4, -0.2) is 6.21 Å².